The zero-order valence-corrected chi connectivity index (χ0v) is 14.2. The van der Waals surface area contributed by atoms with Crippen molar-refractivity contribution in [3.05, 3.63) is 0 Å². The van der Waals surface area contributed by atoms with Crippen LogP contribution >= 0.6 is 0 Å². The molecule has 0 aromatic rings. The zero-order chi connectivity index (χ0) is 18.2. The minimum absolute atomic E-state index is 0.0406. The highest BCUT2D eigenvalue weighted by Gasteiger charge is 2.33. The third kappa shape index (κ3) is 6.98. The van der Waals surface area contributed by atoms with E-state index in [-0.39, 0.29) is 30.7 Å². The number of amides is 1. The molecule has 1 unspecified atom stereocenters. The van der Waals surface area contributed by atoms with Crippen molar-refractivity contribution in [2.45, 2.75) is 51.7 Å². The number of nitrogens with one attached hydrogen (secondary N) is 2. The molecule has 132 valence electrons. The van der Waals surface area contributed by atoms with Crippen molar-refractivity contribution in [2.24, 2.45) is 17.4 Å². The zero-order valence-electron chi connectivity index (χ0n) is 14.2. The Balaban J connectivity index is 4.96. The molecule has 8 nitrogen and oxygen atoms in total. The van der Waals surface area contributed by atoms with Gasteiger partial charge in [-0.05, 0) is 19.9 Å². The van der Waals surface area contributed by atoms with Gasteiger partial charge in [0.05, 0.1) is 24.7 Å². The number of carbonyl (C=O) groups excluding carboxylic acids is 4. The number of hydrogen-bond acceptors (Lipinski definition) is 7. The Labute approximate surface area is 136 Å². The van der Waals surface area contributed by atoms with E-state index in [0.717, 1.165) is 0 Å². The molecule has 0 spiro atoms. The quantitative estimate of drug-likeness (QED) is 0.319. The van der Waals surface area contributed by atoms with E-state index in [1.54, 1.807) is 20.9 Å². The second kappa shape index (κ2) is 10.2. The van der Waals surface area contributed by atoms with Crippen LogP contribution in [-0.4, -0.2) is 55.0 Å². The maximum Gasteiger partial charge on any atom is 0.219 e. The number of Topliss-reactive ketones (excluding diaryl/α,β-unsaturated/α-hetero) is 3. The van der Waals surface area contributed by atoms with Crippen molar-refractivity contribution in [1.82, 2.24) is 10.6 Å². The normalized spacial score (nSPS) is 16.2. The van der Waals surface area contributed by atoms with E-state index in [1.807, 2.05) is 6.92 Å². The molecular formula is C15H28N4O4. The average molecular weight is 328 g/mol. The monoisotopic (exact) mass is 328 g/mol. The Morgan fingerprint density at radius 3 is 2.09 bits per heavy atom. The largest absolute Gasteiger partial charge is 0.370 e. The van der Waals surface area contributed by atoms with Crippen LogP contribution in [0.3, 0.4) is 0 Å². The van der Waals surface area contributed by atoms with Crippen LogP contribution < -0.4 is 22.1 Å². The molecule has 0 aliphatic rings. The fourth-order valence-corrected chi connectivity index (χ4v) is 1.96. The molecule has 0 aromatic carbocycles. The van der Waals surface area contributed by atoms with Gasteiger partial charge in [-0.2, -0.15) is 0 Å². The smallest absolute Gasteiger partial charge is 0.219 e. The van der Waals surface area contributed by atoms with Gasteiger partial charge in [0.15, 0.2) is 5.78 Å². The molecule has 6 N–H and O–H groups in total. The van der Waals surface area contributed by atoms with Crippen LogP contribution in [0.25, 0.3) is 0 Å². The first-order valence-corrected chi connectivity index (χ1v) is 7.70. The van der Waals surface area contributed by atoms with Crippen LogP contribution in [0.5, 0.6) is 0 Å². The number of primary amides is 1. The molecule has 0 saturated heterocycles. The number of likely N-dealkylation sites (N-methyl/N-ethyl adjacent to an activating group) is 1. The highest BCUT2D eigenvalue weighted by Crippen LogP contribution is 2.10. The molecule has 0 radical (unpaired) electrons. The lowest BCUT2D eigenvalue weighted by atomic mass is 9.90. The summed E-state index contributed by atoms with van der Waals surface area (Å²) in [4.78, 5) is 47.1. The molecular weight excluding hydrogens is 300 g/mol. The number of hydrogen-bond donors (Lipinski definition) is 4. The van der Waals surface area contributed by atoms with Crippen LogP contribution in [0.4, 0.5) is 0 Å². The summed E-state index contributed by atoms with van der Waals surface area (Å²) in [7, 11) is 1.66. The second-order valence-corrected chi connectivity index (χ2v) is 5.73. The van der Waals surface area contributed by atoms with Gasteiger partial charge in [-0.3, -0.25) is 24.5 Å². The molecule has 1 amide bonds. The average Bonchev–Trinajstić information content (AvgIpc) is 2.51. The summed E-state index contributed by atoms with van der Waals surface area (Å²) in [6.45, 7) is 5.34. The van der Waals surface area contributed by atoms with E-state index in [9.17, 15) is 19.2 Å². The fourth-order valence-electron chi connectivity index (χ4n) is 1.96. The van der Waals surface area contributed by atoms with Gasteiger partial charge in [0.1, 0.15) is 0 Å². The number of ketones is 3. The minimum Gasteiger partial charge on any atom is -0.370 e. The van der Waals surface area contributed by atoms with Crippen molar-refractivity contribution in [3.63, 3.8) is 0 Å². The maximum absolute atomic E-state index is 12.3. The summed E-state index contributed by atoms with van der Waals surface area (Å²) in [5.41, 5.74) is 10.5. The van der Waals surface area contributed by atoms with Gasteiger partial charge in [-0.25, -0.2) is 0 Å². The van der Waals surface area contributed by atoms with Crippen LogP contribution in [0.15, 0.2) is 0 Å². The second-order valence-electron chi connectivity index (χ2n) is 5.73. The highest BCUT2D eigenvalue weighted by molar-refractivity contribution is 6.41. The van der Waals surface area contributed by atoms with Crippen molar-refractivity contribution in [2.75, 3.05) is 13.6 Å². The summed E-state index contributed by atoms with van der Waals surface area (Å²) < 4.78 is 0. The molecule has 0 heterocycles. The van der Waals surface area contributed by atoms with E-state index in [2.05, 4.69) is 10.6 Å². The van der Waals surface area contributed by atoms with Crippen LogP contribution in [-0.2, 0) is 19.2 Å². The molecule has 0 rings (SSSR count). The summed E-state index contributed by atoms with van der Waals surface area (Å²) in [6, 6.07) is -2.43. The van der Waals surface area contributed by atoms with E-state index in [1.165, 1.54) is 0 Å². The Morgan fingerprint density at radius 1 is 1.09 bits per heavy atom. The summed E-state index contributed by atoms with van der Waals surface area (Å²) in [5, 5.41) is 5.65. The van der Waals surface area contributed by atoms with Gasteiger partial charge in [0.25, 0.3) is 0 Å². The van der Waals surface area contributed by atoms with E-state index < -0.39 is 29.6 Å². The lowest BCUT2D eigenvalue weighted by Crippen LogP contribution is -2.52. The first-order chi connectivity index (χ1) is 10.6. The SMILES string of the molecule is CC[C@H](C)C(NCC(=O)[C@H](C)NC)C(=O)C(=O)[C@@H](N)CC(N)=O. The van der Waals surface area contributed by atoms with Crippen LogP contribution in [0.2, 0.25) is 0 Å². The molecule has 8 heteroatoms. The Hall–Kier alpha value is -1.64. The van der Waals surface area contributed by atoms with Crippen molar-refractivity contribution >= 4 is 23.3 Å². The van der Waals surface area contributed by atoms with E-state index in [4.69, 9.17) is 11.5 Å². The lowest BCUT2D eigenvalue weighted by molar-refractivity contribution is -0.140. The highest BCUT2D eigenvalue weighted by atomic mass is 16.2. The first kappa shape index (κ1) is 21.4. The molecule has 0 aromatic heterocycles. The van der Waals surface area contributed by atoms with Gasteiger partial charge in [-0.15, -0.1) is 0 Å². The van der Waals surface area contributed by atoms with Gasteiger partial charge in [-0.1, -0.05) is 20.3 Å². The van der Waals surface area contributed by atoms with E-state index in [0.29, 0.717) is 6.42 Å². The van der Waals surface area contributed by atoms with Crippen LogP contribution in [0, 0.1) is 5.92 Å². The first-order valence-electron chi connectivity index (χ1n) is 7.70. The third-order valence-corrected chi connectivity index (χ3v) is 3.91. The topological polar surface area (TPSA) is 144 Å². The number of rotatable bonds is 12. The van der Waals surface area contributed by atoms with Gasteiger partial charge in [0, 0.05) is 6.42 Å². The van der Waals surface area contributed by atoms with Gasteiger partial charge in [0.2, 0.25) is 17.5 Å². The Bertz CT molecular complexity index is 453. The Kier molecular flexibility index (Phi) is 9.47. The minimum atomic E-state index is -1.25. The molecule has 0 saturated carbocycles. The third-order valence-electron chi connectivity index (χ3n) is 3.91. The molecule has 0 aliphatic carbocycles. The molecule has 4 atom stereocenters. The molecule has 23 heavy (non-hydrogen) atoms. The lowest BCUT2D eigenvalue weighted by Gasteiger charge is -2.24. The predicted molar refractivity (Wildman–Crippen MR) is 86.6 cm³/mol. The van der Waals surface area contributed by atoms with Gasteiger partial charge < -0.3 is 16.8 Å². The molecule has 0 aliphatic heterocycles. The fraction of sp³-hybridized carbons (Fsp3) is 0.733. The van der Waals surface area contributed by atoms with Crippen molar-refractivity contribution in [1.29, 1.82) is 0 Å². The maximum atomic E-state index is 12.3. The number of nitrogens with two attached hydrogens (primary N) is 2. The predicted octanol–water partition coefficient (Wildman–Crippen LogP) is -1.49. The number of carbonyl (C=O) groups is 4. The van der Waals surface area contributed by atoms with E-state index >= 15 is 0 Å². The van der Waals surface area contributed by atoms with Gasteiger partial charge >= 0.3 is 0 Å². The van der Waals surface area contributed by atoms with Crippen molar-refractivity contribution in [3.8, 4) is 0 Å². The standard InChI is InChI=1S/C15H28N4O4/c1-5-8(2)13(19-7-11(20)9(3)18-4)15(23)14(22)10(16)6-12(17)21/h8-10,13,18-19H,5-7,16H2,1-4H3,(H2,17,21)/t8-,9-,10-,13?/m0/s1. The van der Waals surface area contributed by atoms with Crippen LogP contribution in [0.1, 0.15) is 33.6 Å². The van der Waals surface area contributed by atoms with Crippen molar-refractivity contribution < 1.29 is 19.2 Å². The summed E-state index contributed by atoms with van der Waals surface area (Å²) in [5.74, 6) is -2.61. The molecule has 0 bridgehead atoms. The summed E-state index contributed by atoms with van der Waals surface area (Å²) in [6.07, 6.45) is 0.255. The molecule has 0 fully saturated rings. The summed E-state index contributed by atoms with van der Waals surface area (Å²) >= 11 is 0. The Morgan fingerprint density at radius 2 is 1.65 bits per heavy atom.